The summed E-state index contributed by atoms with van der Waals surface area (Å²) in [6.45, 7) is 0.771. The van der Waals surface area contributed by atoms with Crippen LogP contribution in [0.25, 0.3) is 21.5 Å². The molecule has 3 aromatic rings. The van der Waals surface area contributed by atoms with Gasteiger partial charge in [0.1, 0.15) is 5.65 Å². The van der Waals surface area contributed by atoms with Crippen molar-refractivity contribution in [2.24, 2.45) is 0 Å². The summed E-state index contributed by atoms with van der Waals surface area (Å²) >= 11 is 1.50. The van der Waals surface area contributed by atoms with Crippen LogP contribution in [-0.4, -0.2) is 45.1 Å². The molecule has 0 bridgehead atoms. The number of aromatic amines is 1. The number of carbonyl (C=O) groups excluding carboxylic acids is 1. The van der Waals surface area contributed by atoms with Crippen LogP contribution in [-0.2, 0) is 0 Å². The molecule has 0 spiro atoms. The number of nitrogens with one attached hydrogen (secondary N) is 1. The first-order valence-electron chi connectivity index (χ1n) is 7.72. The molecule has 23 heavy (non-hydrogen) atoms. The maximum absolute atomic E-state index is 12.7. The van der Waals surface area contributed by atoms with Crippen molar-refractivity contribution in [1.29, 1.82) is 0 Å². The first kappa shape index (κ1) is 14.4. The SMILES string of the molecule is O=C(c1ccc(-c2ccnc3[nH]ccc23)s1)N1CCC[C@H]1CO. The average Bonchev–Trinajstić information content (AvgIpc) is 3.32. The van der Waals surface area contributed by atoms with Gasteiger partial charge in [0.25, 0.3) is 5.91 Å². The highest BCUT2D eigenvalue weighted by Crippen LogP contribution is 2.34. The topological polar surface area (TPSA) is 69.2 Å². The minimum atomic E-state index is -0.0367. The van der Waals surface area contributed by atoms with Gasteiger partial charge in [0.05, 0.1) is 17.5 Å². The van der Waals surface area contributed by atoms with Gasteiger partial charge in [-0.25, -0.2) is 4.98 Å². The molecule has 1 saturated heterocycles. The van der Waals surface area contributed by atoms with Crippen molar-refractivity contribution in [1.82, 2.24) is 14.9 Å². The van der Waals surface area contributed by atoms with E-state index in [-0.39, 0.29) is 18.6 Å². The molecule has 0 saturated carbocycles. The van der Waals surface area contributed by atoms with Crippen LogP contribution >= 0.6 is 11.3 Å². The van der Waals surface area contributed by atoms with Crippen molar-refractivity contribution in [3.05, 3.63) is 41.5 Å². The van der Waals surface area contributed by atoms with E-state index in [1.165, 1.54) is 11.3 Å². The number of carbonyl (C=O) groups is 1. The second kappa shape index (κ2) is 5.79. The van der Waals surface area contributed by atoms with Crippen LogP contribution in [0.2, 0.25) is 0 Å². The van der Waals surface area contributed by atoms with Crippen LogP contribution in [0.1, 0.15) is 22.5 Å². The van der Waals surface area contributed by atoms with Crippen molar-refractivity contribution >= 4 is 28.3 Å². The number of pyridine rings is 1. The van der Waals surface area contributed by atoms with Crippen LogP contribution < -0.4 is 0 Å². The highest BCUT2D eigenvalue weighted by molar-refractivity contribution is 7.17. The lowest BCUT2D eigenvalue weighted by molar-refractivity contribution is 0.0682. The number of likely N-dealkylation sites (tertiary alicyclic amines) is 1. The van der Waals surface area contributed by atoms with Crippen molar-refractivity contribution in [2.75, 3.05) is 13.2 Å². The molecule has 0 aromatic carbocycles. The molecule has 6 heteroatoms. The Kier molecular flexibility index (Phi) is 3.63. The van der Waals surface area contributed by atoms with E-state index in [2.05, 4.69) is 9.97 Å². The maximum Gasteiger partial charge on any atom is 0.264 e. The number of aliphatic hydroxyl groups is 1. The number of rotatable bonds is 3. The molecule has 1 fully saturated rings. The highest BCUT2D eigenvalue weighted by atomic mass is 32.1. The number of aromatic nitrogens is 2. The third-order valence-electron chi connectivity index (χ3n) is 4.39. The fourth-order valence-electron chi connectivity index (χ4n) is 3.21. The standard InChI is InChI=1S/C17H17N3O2S/c21-10-11-2-1-9-20(11)17(22)15-4-3-14(23-15)12-5-7-18-16-13(12)6-8-19-16/h3-8,11,21H,1-2,9-10H2,(H,18,19)/t11-/m0/s1. The van der Waals surface area contributed by atoms with E-state index in [4.69, 9.17) is 0 Å². The van der Waals surface area contributed by atoms with E-state index in [1.807, 2.05) is 30.5 Å². The van der Waals surface area contributed by atoms with E-state index < -0.39 is 0 Å². The van der Waals surface area contributed by atoms with Gasteiger partial charge in [-0.2, -0.15) is 0 Å². The Bertz CT molecular complexity index is 854. The molecule has 3 aromatic heterocycles. The van der Waals surface area contributed by atoms with Crippen molar-refractivity contribution in [2.45, 2.75) is 18.9 Å². The zero-order valence-electron chi connectivity index (χ0n) is 12.5. The largest absolute Gasteiger partial charge is 0.394 e. The first-order valence-corrected chi connectivity index (χ1v) is 8.53. The second-order valence-electron chi connectivity index (χ2n) is 5.74. The Balaban J connectivity index is 1.67. The monoisotopic (exact) mass is 327 g/mol. The summed E-state index contributed by atoms with van der Waals surface area (Å²) in [6.07, 6.45) is 5.49. The summed E-state index contributed by atoms with van der Waals surface area (Å²) in [6, 6.07) is 7.81. The molecule has 1 aliphatic rings. The Morgan fingerprint density at radius 3 is 3.17 bits per heavy atom. The van der Waals surface area contributed by atoms with Crippen LogP contribution in [0.15, 0.2) is 36.7 Å². The smallest absolute Gasteiger partial charge is 0.264 e. The fourth-order valence-corrected chi connectivity index (χ4v) is 4.21. The van der Waals surface area contributed by atoms with Crippen molar-refractivity contribution in [3.63, 3.8) is 0 Å². The summed E-state index contributed by atoms with van der Waals surface area (Å²) in [7, 11) is 0. The van der Waals surface area contributed by atoms with Gasteiger partial charge in [0.15, 0.2) is 0 Å². The fraction of sp³-hybridized carbons (Fsp3) is 0.294. The second-order valence-corrected chi connectivity index (χ2v) is 6.82. The predicted molar refractivity (Wildman–Crippen MR) is 90.6 cm³/mol. The molecular weight excluding hydrogens is 310 g/mol. The molecule has 0 unspecified atom stereocenters. The van der Waals surface area contributed by atoms with Crippen LogP contribution in [0.4, 0.5) is 0 Å². The molecular formula is C17H17N3O2S. The summed E-state index contributed by atoms with van der Waals surface area (Å²) in [4.78, 5) is 23.7. The average molecular weight is 327 g/mol. The number of H-pyrrole nitrogens is 1. The van der Waals surface area contributed by atoms with Crippen molar-refractivity contribution < 1.29 is 9.90 Å². The van der Waals surface area contributed by atoms with E-state index in [9.17, 15) is 9.90 Å². The van der Waals surface area contributed by atoms with E-state index in [1.54, 1.807) is 11.1 Å². The normalized spacial score (nSPS) is 18.0. The summed E-state index contributed by atoms with van der Waals surface area (Å²) in [5.41, 5.74) is 1.93. The Hall–Kier alpha value is -2.18. The van der Waals surface area contributed by atoms with E-state index in [0.717, 1.165) is 45.7 Å². The summed E-state index contributed by atoms with van der Waals surface area (Å²) < 4.78 is 0. The lowest BCUT2D eigenvalue weighted by Gasteiger charge is -2.22. The Labute approximate surface area is 137 Å². The number of hydrogen-bond acceptors (Lipinski definition) is 4. The third kappa shape index (κ3) is 2.44. The highest BCUT2D eigenvalue weighted by Gasteiger charge is 2.29. The first-order chi connectivity index (χ1) is 11.3. The van der Waals surface area contributed by atoms with Gasteiger partial charge in [-0.05, 0) is 37.1 Å². The van der Waals surface area contributed by atoms with Gasteiger partial charge in [0, 0.05) is 34.8 Å². The molecule has 1 atom stereocenters. The van der Waals surface area contributed by atoms with Crippen LogP contribution in [0.5, 0.6) is 0 Å². The zero-order chi connectivity index (χ0) is 15.8. The number of nitrogens with zero attached hydrogens (tertiary/aromatic N) is 2. The van der Waals surface area contributed by atoms with Gasteiger partial charge in [-0.15, -0.1) is 11.3 Å². The minimum Gasteiger partial charge on any atom is -0.394 e. The Morgan fingerprint density at radius 1 is 1.39 bits per heavy atom. The molecule has 1 amide bonds. The van der Waals surface area contributed by atoms with Gasteiger partial charge in [-0.3, -0.25) is 4.79 Å². The molecule has 4 heterocycles. The molecule has 118 valence electrons. The zero-order valence-corrected chi connectivity index (χ0v) is 13.3. The number of amides is 1. The van der Waals surface area contributed by atoms with Gasteiger partial charge >= 0.3 is 0 Å². The molecule has 1 aliphatic heterocycles. The Morgan fingerprint density at radius 2 is 2.30 bits per heavy atom. The summed E-state index contributed by atoms with van der Waals surface area (Å²) in [5, 5.41) is 10.5. The molecule has 5 nitrogen and oxygen atoms in total. The number of fused-ring (bicyclic) bond motifs is 1. The van der Waals surface area contributed by atoms with Gasteiger partial charge in [0.2, 0.25) is 0 Å². The van der Waals surface area contributed by atoms with Crippen LogP contribution in [0, 0.1) is 0 Å². The lowest BCUT2D eigenvalue weighted by Crippen LogP contribution is -2.37. The number of aliphatic hydroxyl groups excluding tert-OH is 1. The van der Waals surface area contributed by atoms with Gasteiger partial charge in [-0.1, -0.05) is 0 Å². The van der Waals surface area contributed by atoms with Crippen molar-refractivity contribution in [3.8, 4) is 10.4 Å². The molecule has 0 radical (unpaired) electrons. The molecule has 4 rings (SSSR count). The minimum absolute atomic E-state index is 0.0252. The predicted octanol–water partition coefficient (Wildman–Crippen LogP) is 2.89. The number of hydrogen-bond donors (Lipinski definition) is 2. The number of thiophene rings is 1. The third-order valence-corrected chi connectivity index (χ3v) is 5.50. The quantitative estimate of drug-likeness (QED) is 0.777. The van der Waals surface area contributed by atoms with E-state index in [0.29, 0.717) is 0 Å². The van der Waals surface area contributed by atoms with E-state index >= 15 is 0 Å². The van der Waals surface area contributed by atoms with Crippen LogP contribution in [0.3, 0.4) is 0 Å². The van der Waals surface area contributed by atoms with Gasteiger partial charge < -0.3 is 15.0 Å². The summed E-state index contributed by atoms with van der Waals surface area (Å²) in [5.74, 6) is 0.0252. The maximum atomic E-state index is 12.7. The molecule has 2 N–H and O–H groups in total. The molecule has 0 aliphatic carbocycles. The lowest BCUT2D eigenvalue weighted by atomic mass is 10.1.